The number of benzene rings is 1. The second-order valence-electron chi connectivity index (χ2n) is 5.65. The molecule has 5 nitrogen and oxygen atoms in total. The zero-order chi connectivity index (χ0) is 17.5. The van der Waals surface area contributed by atoms with Crippen LogP contribution in [0.3, 0.4) is 0 Å². The maximum Gasteiger partial charge on any atom is 0.225 e. The highest BCUT2D eigenvalue weighted by Crippen LogP contribution is 2.29. The highest BCUT2D eigenvalue weighted by atomic mass is 35.5. The summed E-state index contributed by atoms with van der Waals surface area (Å²) in [5, 5.41) is 2.94. The number of amides is 1. The molecule has 1 aliphatic heterocycles. The summed E-state index contributed by atoms with van der Waals surface area (Å²) in [6.07, 6.45) is 1.83. The van der Waals surface area contributed by atoms with Crippen molar-refractivity contribution < 1.29 is 19.0 Å². The van der Waals surface area contributed by atoms with E-state index in [9.17, 15) is 4.79 Å². The third kappa shape index (κ3) is 4.91. The van der Waals surface area contributed by atoms with Crippen molar-refractivity contribution in [1.82, 2.24) is 5.32 Å². The molecule has 2 atom stereocenters. The first-order valence-electron chi connectivity index (χ1n) is 7.95. The van der Waals surface area contributed by atoms with Gasteiger partial charge in [-0.3, -0.25) is 4.79 Å². The molecule has 1 amide bonds. The third-order valence-corrected chi connectivity index (χ3v) is 4.61. The monoisotopic (exact) mass is 375 g/mol. The maximum atomic E-state index is 12.4. The van der Waals surface area contributed by atoms with Gasteiger partial charge in [0.05, 0.1) is 26.2 Å². The third-order valence-electron chi connectivity index (χ3n) is 4.11. The molecule has 0 saturated carbocycles. The molecule has 1 aromatic rings. The number of methoxy groups -OCH3 is 2. The number of halogens is 2. The van der Waals surface area contributed by atoms with Crippen molar-refractivity contribution in [3.05, 3.63) is 23.8 Å². The molecule has 0 bridgehead atoms. The van der Waals surface area contributed by atoms with Crippen LogP contribution in [0, 0.1) is 5.92 Å². The van der Waals surface area contributed by atoms with Gasteiger partial charge in [0.15, 0.2) is 11.5 Å². The molecule has 2 rings (SSSR count). The molecule has 0 aliphatic carbocycles. The molecule has 24 heavy (non-hydrogen) atoms. The topological polar surface area (TPSA) is 56.8 Å². The second-order valence-corrected chi connectivity index (χ2v) is 6.81. The van der Waals surface area contributed by atoms with Crippen LogP contribution in [0.5, 0.6) is 11.5 Å². The van der Waals surface area contributed by atoms with Gasteiger partial charge in [-0.05, 0) is 37.0 Å². The molecule has 1 heterocycles. The lowest BCUT2D eigenvalue weighted by Crippen LogP contribution is -2.44. The minimum absolute atomic E-state index is 0.0634. The van der Waals surface area contributed by atoms with Gasteiger partial charge in [-0.25, -0.2) is 0 Å². The van der Waals surface area contributed by atoms with E-state index in [1.807, 2.05) is 18.2 Å². The smallest absolute Gasteiger partial charge is 0.225 e. The quantitative estimate of drug-likeness (QED) is 0.744. The van der Waals surface area contributed by atoms with Crippen molar-refractivity contribution >= 4 is 29.1 Å². The fourth-order valence-electron chi connectivity index (χ4n) is 2.83. The van der Waals surface area contributed by atoms with E-state index >= 15 is 0 Å². The van der Waals surface area contributed by atoms with Gasteiger partial charge in [0.25, 0.3) is 0 Å². The van der Waals surface area contributed by atoms with Crippen LogP contribution < -0.4 is 14.8 Å². The Morgan fingerprint density at radius 3 is 2.75 bits per heavy atom. The first kappa shape index (κ1) is 19.2. The molecule has 1 aliphatic rings. The van der Waals surface area contributed by atoms with Crippen molar-refractivity contribution in [1.29, 1.82) is 0 Å². The fraction of sp³-hybridized carbons (Fsp3) is 0.588. The van der Waals surface area contributed by atoms with Gasteiger partial charge >= 0.3 is 0 Å². The first-order valence-corrected chi connectivity index (χ1v) is 8.82. The predicted molar refractivity (Wildman–Crippen MR) is 94.2 cm³/mol. The number of carbonyl (C=O) groups is 1. The normalized spacial score (nSPS) is 20.7. The summed E-state index contributed by atoms with van der Waals surface area (Å²) in [5.74, 6) is 0.993. The van der Waals surface area contributed by atoms with Crippen molar-refractivity contribution in [2.45, 2.75) is 30.2 Å². The molecule has 0 aromatic heterocycles. The molecule has 2 unspecified atom stereocenters. The summed E-state index contributed by atoms with van der Waals surface area (Å²) in [7, 11) is 3.20. The molecule has 0 spiro atoms. The molecular formula is C17H23Cl2NO4. The van der Waals surface area contributed by atoms with E-state index in [2.05, 4.69) is 5.32 Å². The summed E-state index contributed by atoms with van der Waals surface area (Å²) in [4.78, 5) is 11.7. The Bertz CT molecular complexity index is 553. The molecule has 1 aromatic carbocycles. The Morgan fingerprint density at radius 2 is 2.08 bits per heavy atom. The van der Waals surface area contributed by atoms with Crippen LogP contribution in [-0.2, 0) is 16.0 Å². The SMILES string of the molecule is COc1ccc(CCNC(=O)C2CCCOC2C(Cl)Cl)cc1OC. The average molecular weight is 376 g/mol. The van der Waals surface area contributed by atoms with E-state index in [-0.39, 0.29) is 11.8 Å². The molecule has 134 valence electrons. The van der Waals surface area contributed by atoms with Gasteiger partial charge < -0.3 is 19.5 Å². The number of carbonyl (C=O) groups excluding carboxylic acids is 1. The van der Waals surface area contributed by atoms with E-state index in [0.717, 1.165) is 18.4 Å². The molecule has 7 heteroatoms. The van der Waals surface area contributed by atoms with E-state index in [1.54, 1.807) is 14.2 Å². The van der Waals surface area contributed by atoms with Gasteiger partial charge in [-0.15, -0.1) is 23.2 Å². The van der Waals surface area contributed by atoms with Gasteiger partial charge in [-0.1, -0.05) is 6.07 Å². The zero-order valence-corrected chi connectivity index (χ0v) is 15.4. The number of hydrogen-bond donors (Lipinski definition) is 1. The highest BCUT2D eigenvalue weighted by Gasteiger charge is 2.35. The first-order chi connectivity index (χ1) is 11.6. The number of ether oxygens (including phenoxy) is 3. The van der Waals surface area contributed by atoms with E-state index in [1.165, 1.54) is 0 Å². The lowest BCUT2D eigenvalue weighted by molar-refractivity contribution is -0.133. The van der Waals surface area contributed by atoms with Crippen LogP contribution in [0.1, 0.15) is 18.4 Å². The molecule has 1 saturated heterocycles. The summed E-state index contributed by atoms with van der Waals surface area (Å²) >= 11 is 11.8. The number of rotatable bonds is 7. The standard InChI is InChI=1S/C17H23Cl2NO4/c1-22-13-6-5-11(10-14(13)23-2)7-8-20-17(21)12-4-3-9-24-15(12)16(18)19/h5-6,10,12,15-16H,3-4,7-9H2,1-2H3,(H,20,21). The van der Waals surface area contributed by atoms with Crippen molar-refractivity contribution in [3.8, 4) is 11.5 Å². The number of alkyl halides is 2. The largest absolute Gasteiger partial charge is 0.493 e. The van der Waals surface area contributed by atoms with Crippen LogP contribution in [-0.4, -0.2) is 44.2 Å². The fourth-order valence-corrected chi connectivity index (χ4v) is 3.33. The summed E-state index contributed by atoms with van der Waals surface area (Å²) < 4.78 is 16.0. The lowest BCUT2D eigenvalue weighted by atomic mass is 9.94. The maximum absolute atomic E-state index is 12.4. The van der Waals surface area contributed by atoms with Crippen LogP contribution in [0.4, 0.5) is 0 Å². The zero-order valence-electron chi connectivity index (χ0n) is 13.9. The number of nitrogens with one attached hydrogen (secondary N) is 1. The van der Waals surface area contributed by atoms with Crippen LogP contribution in [0.15, 0.2) is 18.2 Å². The van der Waals surface area contributed by atoms with Crippen LogP contribution >= 0.6 is 23.2 Å². The summed E-state index contributed by atoms with van der Waals surface area (Å²) in [6.45, 7) is 1.11. The van der Waals surface area contributed by atoms with E-state index < -0.39 is 10.9 Å². The Kier molecular flexibility index (Phi) is 7.46. The average Bonchev–Trinajstić information content (AvgIpc) is 2.61. The van der Waals surface area contributed by atoms with E-state index in [4.69, 9.17) is 37.4 Å². The lowest BCUT2D eigenvalue weighted by Gasteiger charge is -2.31. The Hall–Kier alpha value is -1.17. The Balaban J connectivity index is 1.88. The van der Waals surface area contributed by atoms with Crippen molar-refractivity contribution in [2.75, 3.05) is 27.4 Å². The Labute approximate surface area is 152 Å². The summed E-state index contributed by atoms with van der Waals surface area (Å²) in [5.41, 5.74) is 1.05. The molecule has 0 radical (unpaired) electrons. The van der Waals surface area contributed by atoms with Crippen LogP contribution in [0.25, 0.3) is 0 Å². The van der Waals surface area contributed by atoms with Crippen molar-refractivity contribution in [3.63, 3.8) is 0 Å². The minimum atomic E-state index is -0.702. The minimum Gasteiger partial charge on any atom is -0.493 e. The Morgan fingerprint density at radius 1 is 1.33 bits per heavy atom. The molecule has 1 fully saturated rings. The van der Waals surface area contributed by atoms with Crippen molar-refractivity contribution in [2.24, 2.45) is 5.92 Å². The van der Waals surface area contributed by atoms with Gasteiger partial charge in [0, 0.05) is 13.2 Å². The highest BCUT2D eigenvalue weighted by molar-refractivity contribution is 6.44. The molecule has 1 N–H and O–H groups in total. The summed E-state index contributed by atoms with van der Waals surface area (Å²) in [6, 6.07) is 5.71. The number of hydrogen-bond acceptors (Lipinski definition) is 4. The predicted octanol–water partition coefficient (Wildman–Crippen LogP) is 2.96. The van der Waals surface area contributed by atoms with Gasteiger partial charge in [-0.2, -0.15) is 0 Å². The van der Waals surface area contributed by atoms with E-state index in [0.29, 0.717) is 31.1 Å². The second kappa shape index (κ2) is 9.35. The van der Waals surface area contributed by atoms with Gasteiger partial charge in [0.2, 0.25) is 5.91 Å². The van der Waals surface area contributed by atoms with Gasteiger partial charge in [0.1, 0.15) is 4.84 Å². The molecular weight excluding hydrogens is 353 g/mol. The van der Waals surface area contributed by atoms with Crippen LogP contribution in [0.2, 0.25) is 0 Å².